The Hall–Kier alpha value is -1.03. The molecule has 0 bridgehead atoms. The molecule has 4 nitrogen and oxygen atoms in total. The van der Waals surface area contributed by atoms with Crippen molar-refractivity contribution in [2.75, 3.05) is 0 Å². The van der Waals surface area contributed by atoms with E-state index in [9.17, 15) is 4.79 Å². The summed E-state index contributed by atoms with van der Waals surface area (Å²) in [5.74, 6) is -0.323. The van der Waals surface area contributed by atoms with E-state index in [-0.39, 0.29) is 18.4 Å². The zero-order valence-electron chi connectivity index (χ0n) is 6.32. The molecule has 0 aliphatic rings. The third kappa shape index (κ3) is 3.04. The number of carbonyl (C=O) groups excluding carboxylic acids is 1. The van der Waals surface area contributed by atoms with E-state index in [1.54, 1.807) is 23.3 Å². The minimum Gasteiger partial charge on any atom is -1.00 e. The smallest absolute Gasteiger partial charge is 0.354 e. The summed E-state index contributed by atoms with van der Waals surface area (Å²) in [4.78, 5) is 15.1. The fourth-order valence-corrected chi connectivity index (χ4v) is 0.630. The van der Waals surface area contributed by atoms with E-state index >= 15 is 0 Å². The van der Waals surface area contributed by atoms with E-state index in [0.29, 0.717) is 0 Å². The second kappa shape index (κ2) is 3.98. The highest BCUT2D eigenvalue weighted by Crippen LogP contribution is 1.77. The van der Waals surface area contributed by atoms with Crippen LogP contribution in [0.3, 0.4) is 0 Å². The summed E-state index contributed by atoms with van der Waals surface area (Å²) < 4.78 is 3.13. The van der Waals surface area contributed by atoms with Crippen molar-refractivity contribution in [2.24, 2.45) is 7.05 Å². The van der Waals surface area contributed by atoms with E-state index in [4.69, 9.17) is 4.84 Å². The molecule has 0 amide bonds. The average molecular weight is 177 g/mol. The van der Waals surface area contributed by atoms with Gasteiger partial charge in [-0.3, -0.25) is 4.84 Å². The number of aryl methyl sites for hydroxylation is 1. The minimum absolute atomic E-state index is 0. The Morgan fingerprint density at radius 3 is 2.64 bits per heavy atom. The summed E-state index contributed by atoms with van der Waals surface area (Å²) in [6.45, 7) is 1.36. The van der Waals surface area contributed by atoms with E-state index in [0.717, 1.165) is 0 Å². The van der Waals surface area contributed by atoms with Crippen LogP contribution in [0.5, 0.6) is 0 Å². The van der Waals surface area contributed by atoms with Crippen molar-refractivity contribution in [3.8, 4) is 0 Å². The lowest BCUT2D eigenvalue weighted by atomic mass is 10.8. The molecule has 62 valence electrons. The molecule has 0 fully saturated rings. The second-order valence-electron chi connectivity index (χ2n) is 2.02. The lowest BCUT2D eigenvalue weighted by Gasteiger charge is -1.88. The minimum atomic E-state index is -0.323. The van der Waals surface area contributed by atoms with Crippen LogP contribution in [0, 0.1) is 0 Å². The van der Waals surface area contributed by atoms with Crippen molar-refractivity contribution >= 4 is 5.97 Å². The summed E-state index contributed by atoms with van der Waals surface area (Å²) in [5.41, 5.74) is 0. The van der Waals surface area contributed by atoms with Crippen LogP contribution in [0.25, 0.3) is 0 Å². The summed E-state index contributed by atoms with van der Waals surface area (Å²) in [6, 6.07) is 0. The second-order valence-corrected chi connectivity index (χ2v) is 2.02. The van der Waals surface area contributed by atoms with Crippen LogP contribution in [0.15, 0.2) is 18.7 Å². The molecule has 1 aromatic heterocycles. The number of hydrogen-bond acceptors (Lipinski definition) is 2. The Balaban J connectivity index is 0.000001000. The van der Waals surface area contributed by atoms with Gasteiger partial charge in [0.15, 0.2) is 6.20 Å². The van der Waals surface area contributed by atoms with Gasteiger partial charge in [0.2, 0.25) is 0 Å². The van der Waals surface area contributed by atoms with E-state index in [2.05, 4.69) is 0 Å². The van der Waals surface area contributed by atoms with Crippen LogP contribution in [0.1, 0.15) is 6.92 Å². The fraction of sp³-hybridized carbons (Fsp3) is 0.333. The Kier molecular flexibility index (Phi) is 3.60. The quantitative estimate of drug-likeness (QED) is 0.413. The number of rotatable bonds is 1. The molecule has 0 spiro atoms. The molecule has 0 N–H and O–H groups in total. The number of hydrogen-bond donors (Lipinski definition) is 0. The molecular formula is C6H9ClN2O2. The standard InChI is InChI=1S/C6H9N2O2.ClH/c1-6(9)10-8-4-3-7(2)5-8;/h3-5H,1-2H3;1H/q+1;/p-1. The van der Waals surface area contributed by atoms with Crippen molar-refractivity contribution in [1.82, 2.24) is 4.73 Å². The highest BCUT2D eigenvalue weighted by atomic mass is 35.5. The zero-order valence-corrected chi connectivity index (χ0v) is 7.08. The number of halogens is 1. The molecule has 1 rings (SSSR count). The van der Waals surface area contributed by atoms with E-state index < -0.39 is 0 Å². The van der Waals surface area contributed by atoms with E-state index in [1.807, 2.05) is 7.05 Å². The van der Waals surface area contributed by atoms with Crippen LogP contribution in [-0.4, -0.2) is 10.7 Å². The number of aromatic nitrogens is 2. The van der Waals surface area contributed by atoms with Gasteiger partial charge >= 0.3 is 5.97 Å². The topological polar surface area (TPSA) is 35.1 Å². The normalized spacial score (nSPS) is 8.55. The van der Waals surface area contributed by atoms with Gasteiger partial charge in [0, 0.05) is 6.92 Å². The Morgan fingerprint density at radius 1 is 1.64 bits per heavy atom. The molecule has 5 heteroatoms. The summed E-state index contributed by atoms with van der Waals surface area (Å²) in [7, 11) is 1.85. The zero-order chi connectivity index (χ0) is 7.56. The third-order valence-corrected chi connectivity index (χ3v) is 0.979. The van der Waals surface area contributed by atoms with Crippen molar-refractivity contribution < 1.29 is 26.6 Å². The number of nitrogens with zero attached hydrogens (tertiary/aromatic N) is 2. The van der Waals surface area contributed by atoms with Gasteiger partial charge < -0.3 is 12.4 Å². The summed E-state index contributed by atoms with van der Waals surface area (Å²) in [6.07, 6.45) is 5.09. The van der Waals surface area contributed by atoms with Crippen LogP contribution in [0.2, 0.25) is 0 Å². The largest absolute Gasteiger partial charge is 1.00 e. The molecule has 0 aliphatic carbocycles. The Bertz CT molecular complexity index is 246. The van der Waals surface area contributed by atoms with Gasteiger partial charge in [0.05, 0.1) is 7.05 Å². The van der Waals surface area contributed by atoms with Crippen LogP contribution < -0.4 is 21.8 Å². The Morgan fingerprint density at radius 2 is 2.27 bits per heavy atom. The third-order valence-electron chi connectivity index (χ3n) is 0.979. The first kappa shape index (κ1) is 9.97. The van der Waals surface area contributed by atoms with Gasteiger partial charge in [-0.15, -0.1) is 0 Å². The van der Waals surface area contributed by atoms with Gasteiger partial charge in [-0.1, -0.05) is 0 Å². The van der Waals surface area contributed by atoms with Gasteiger partial charge in [-0.25, -0.2) is 9.36 Å². The van der Waals surface area contributed by atoms with Crippen LogP contribution >= 0.6 is 0 Å². The lowest BCUT2D eigenvalue weighted by Crippen LogP contribution is -3.00. The predicted octanol–water partition coefficient (Wildman–Crippen LogP) is -3.71. The highest BCUT2D eigenvalue weighted by Gasteiger charge is 2.02. The molecule has 1 aromatic rings. The van der Waals surface area contributed by atoms with Gasteiger partial charge in [0.1, 0.15) is 6.20 Å². The molecule has 0 saturated heterocycles. The predicted molar refractivity (Wildman–Crippen MR) is 32.9 cm³/mol. The molecule has 11 heavy (non-hydrogen) atoms. The Labute approximate surface area is 70.8 Å². The van der Waals surface area contributed by atoms with Crippen LogP contribution in [0.4, 0.5) is 0 Å². The van der Waals surface area contributed by atoms with Crippen molar-refractivity contribution in [3.05, 3.63) is 18.7 Å². The molecule has 0 aliphatic heterocycles. The number of carbonyl (C=O) groups is 1. The van der Waals surface area contributed by atoms with Gasteiger partial charge in [-0.05, 0) is 4.73 Å². The van der Waals surface area contributed by atoms with Gasteiger partial charge in [0.25, 0.3) is 6.33 Å². The molecule has 0 saturated carbocycles. The number of imidazole rings is 1. The summed E-state index contributed by atoms with van der Waals surface area (Å²) in [5, 5.41) is 0. The highest BCUT2D eigenvalue weighted by molar-refractivity contribution is 5.66. The molecular weight excluding hydrogens is 168 g/mol. The molecule has 0 radical (unpaired) electrons. The molecule has 0 atom stereocenters. The first-order chi connectivity index (χ1) is 4.68. The SMILES string of the molecule is CC(=O)On1cc[n+](C)c1.[Cl-]. The monoisotopic (exact) mass is 176 g/mol. The first-order valence-corrected chi connectivity index (χ1v) is 2.90. The van der Waals surface area contributed by atoms with E-state index in [1.165, 1.54) is 11.7 Å². The molecule has 1 heterocycles. The lowest BCUT2D eigenvalue weighted by molar-refractivity contribution is -0.671. The first-order valence-electron chi connectivity index (χ1n) is 2.90. The maximum atomic E-state index is 10.4. The van der Waals surface area contributed by atoms with Crippen molar-refractivity contribution in [2.45, 2.75) is 6.92 Å². The fourth-order valence-electron chi connectivity index (χ4n) is 0.630. The van der Waals surface area contributed by atoms with Crippen LogP contribution in [-0.2, 0) is 11.8 Å². The van der Waals surface area contributed by atoms with Gasteiger partial charge in [-0.2, -0.15) is 0 Å². The summed E-state index contributed by atoms with van der Waals surface area (Å²) >= 11 is 0. The maximum Gasteiger partial charge on any atom is 0.354 e. The van der Waals surface area contributed by atoms with Crippen molar-refractivity contribution in [3.63, 3.8) is 0 Å². The average Bonchev–Trinajstić information content (AvgIpc) is 2.13. The van der Waals surface area contributed by atoms with Crippen molar-refractivity contribution in [1.29, 1.82) is 0 Å². The maximum absolute atomic E-state index is 10.4. The molecule has 0 unspecified atom stereocenters. The molecule has 0 aromatic carbocycles.